The van der Waals surface area contributed by atoms with Crippen molar-refractivity contribution in [2.75, 3.05) is 17.2 Å². The minimum atomic E-state index is 0.403. The molecule has 0 unspecified atom stereocenters. The zero-order valence-electron chi connectivity index (χ0n) is 9.40. The van der Waals surface area contributed by atoms with Gasteiger partial charge < -0.3 is 10.6 Å². The van der Waals surface area contributed by atoms with Crippen LogP contribution in [0, 0.1) is 5.92 Å². The average Bonchev–Trinajstić information content (AvgIpc) is 2.90. The largest absolute Gasteiger partial charge is 0.368 e. The number of aromatic nitrogens is 3. The molecule has 0 aliphatic heterocycles. The monoisotopic (exact) mass is 209 g/mol. The fourth-order valence-corrected chi connectivity index (χ4v) is 1.62. The highest BCUT2D eigenvalue weighted by molar-refractivity contribution is 5.36. The van der Waals surface area contributed by atoms with Crippen LogP contribution in [-0.2, 0) is 0 Å². The zero-order valence-corrected chi connectivity index (χ0v) is 9.40. The molecule has 0 radical (unpaired) electrons. The molecule has 5 heteroatoms. The lowest BCUT2D eigenvalue weighted by Gasteiger charge is -2.21. The van der Waals surface area contributed by atoms with Crippen molar-refractivity contribution < 1.29 is 0 Å². The van der Waals surface area contributed by atoms with Crippen molar-refractivity contribution in [1.29, 1.82) is 0 Å². The Labute approximate surface area is 90.1 Å². The first-order valence-corrected chi connectivity index (χ1v) is 5.61. The van der Waals surface area contributed by atoms with Gasteiger partial charge >= 0.3 is 0 Å². The molecule has 0 amide bonds. The standard InChI is InChI=1S/C10H19N5/c1-7(2)5-6-15(8-3-4-8)10-12-9(11)13-14-10/h7-8H,3-6H2,1-2H3,(H3,11,12,13,14). The number of nitrogen functional groups attached to an aromatic ring is 1. The highest BCUT2D eigenvalue weighted by Crippen LogP contribution is 2.30. The summed E-state index contributed by atoms with van der Waals surface area (Å²) in [5.41, 5.74) is 5.54. The Kier molecular flexibility index (Phi) is 2.79. The van der Waals surface area contributed by atoms with Crippen molar-refractivity contribution in [3.63, 3.8) is 0 Å². The number of nitrogens with one attached hydrogen (secondary N) is 1. The van der Waals surface area contributed by atoms with E-state index in [0.717, 1.165) is 12.5 Å². The lowest BCUT2D eigenvalue weighted by Crippen LogP contribution is -2.28. The van der Waals surface area contributed by atoms with E-state index in [9.17, 15) is 0 Å². The van der Waals surface area contributed by atoms with E-state index in [2.05, 4.69) is 33.9 Å². The third-order valence-electron chi connectivity index (χ3n) is 2.68. The Morgan fingerprint density at radius 1 is 1.53 bits per heavy atom. The molecule has 0 aromatic carbocycles. The molecule has 5 nitrogen and oxygen atoms in total. The highest BCUT2D eigenvalue weighted by Gasteiger charge is 2.31. The van der Waals surface area contributed by atoms with Crippen LogP contribution in [0.1, 0.15) is 33.1 Å². The van der Waals surface area contributed by atoms with Crippen molar-refractivity contribution in [2.45, 2.75) is 39.2 Å². The number of anilines is 2. The van der Waals surface area contributed by atoms with E-state index in [0.29, 0.717) is 17.9 Å². The number of hydrogen-bond donors (Lipinski definition) is 2. The van der Waals surface area contributed by atoms with Gasteiger partial charge in [-0.1, -0.05) is 13.8 Å². The topological polar surface area (TPSA) is 70.8 Å². The lowest BCUT2D eigenvalue weighted by molar-refractivity contribution is 0.566. The molecule has 1 aromatic heterocycles. The molecule has 1 saturated carbocycles. The third kappa shape index (κ3) is 2.61. The summed E-state index contributed by atoms with van der Waals surface area (Å²) in [6, 6.07) is 0.638. The molecule has 0 atom stereocenters. The molecule has 1 aliphatic rings. The van der Waals surface area contributed by atoms with E-state index in [-0.39, 0.29) is 0 Å². The number of nitrogens with zero attached hydrogens (tertiary/aromatic N) is 3. The Morgan fingerprint density at radius 3 is 2.73 bits per heavy atom. The summed E-state index contributed by atoms with van der Waals surface area (Å²) in [6.45, 7) is 5.49. The summed E-state index contributed by atoms with van der Waals surface area (Å²) < 4.78 is 0. The maximum absolute atomic E-state index is 5.54. The molecule has 0 bridgehead atoms. The second kappa shape index (κ2) is 4.08. The van der Waals surface area contributed by atoms with Crippen LogP contribution in [0.15, 0.2) is 0 Å². The maximum atomic E-state index is 5.54. The van der Waals surface area contributed by atoms with Crippen LogP contribution in [0.2, 0.25) is 0 Å². The molecule has 15 heavy (non-hydrogen) atoms. The van der Waals surface area contributed by atoms with Gasteiger partial charge in [-0.05, 0) is 25.2 Å². The minimum Gasteiger partial charge on any atom is -0.368 e. The minimum absolute atomic E-state index is 0.403. The summed E-state index contributed by atoms with van der Waals surface area (Å²) in [5.74, 6) is 1.87. The fourth-order valence-electron chi connectivity index (χ4n) is 1.62. The molecule has 1 aliphatic carbocycles. The van der Waals surface area contributed by atoms with Gasteiger partial charge in [-0.2, -0.15) is 4.98 Å². The molecule has 3 N–H and O–H groups in total. The molecule has 0 spiro atoms. The molecule has 84 valence electrons. The lowest BCUT2D eigenvalue weighted by atomic mass is 10.1. The van der Waals surface area contributed by atoms with Gasteiger partial charge in [0.2, 0.25) is 11.9 Å². The van der Waals surface area contributed by atoms with Crippen molar-refractivity contribution in [3.8, 4) is 0 Å². The second-order valence-electron chi connectivity index (χ2n) is 4.63. The first kappa shape index (κ1) is 10.3. The van der Waals surface area contributed by atoms with Crippen molar-refractivity contribution >= 4 is 11.9 Å². The SMILES string of the molecule is CC(C)CCN(c1n[nH]c(N)n1)C1CC1. The maximum Gasteiger partial charge on any atom is 0.246 e. The molecule has 0 saturated heterocycles. The summed E-state index contributed by atoms with van der Waals surface area (Å²) in [4.78, 5) is 6.46. The van der Waals surface area contributed by atoms with Crippen LogP contribution in [-0.4, -0.2) is 27.8 Å². The normalized spacial score (nSPS) is 15.9. The first-order valence-electron chi connectivity index (χ1n) is 5.61. The Hall–Kier alpha value is -1.26. The van der Waals surface area contributed by atoms with Gasteiger partial charge in [0.15, 0.2) is 0 Å². The van der Waals surface area contributed by atoms with Crippen molar-refractivity contribution in [1.82, 2.24) is 15.2 Å². The molecular formula is C10H19N5. The Balaban J connectivity index is 1.99. The molecule has 1 heterocycles. The second-order valence-corrected chi connectivity index (χ2v) is 4.63. The summed E-state index contributed by atoms with van der Waals surface area (Å²) in [7, 11) is 0. The number of aromatic amines is 1. The van der Waals surface area contributed by atoms with Crippen molar-refractivity contribution in [3.05, 3.63) is 0 Å². The summed E-state index contributed by atoms with van der Waals surface area (Å²) in [5, 5.41) is 6.81. The predicted octanol–water partition coefficient (Wildman–Crippen LogP) is 1.40. The van der Waals surface area contributed by atoms with Crippen LogP contribution in [0.3, 0.4) is 0 Å². The van der Waals surface area contributed by atoms with Gasteiger partial charge in [0.05, 0.1) is 0 Å². The Bertz CT molecular complexity index is 315. The predicted molar refractivity (Wildman–Crippen MR) is 60.6 cm³/mol. The van der Waals surface area contributed by atoms with Gasteiger partial charge in [0.25, 0.3) is 0 Å². The van der Waals surface area contributed by atoms with E-state index < -0.39 is 0 Å². The smallest absolute Gasteiger partial charge is 0.246 e. The van der Waals surface area contributed by atoms with E-state index >= 15 is 0 Å². The number of rotatable bonds is 5. The van der Waals surface area contributed by atoms with Crippen LogP contribution in [0.5, 0.6) is 0 Å². The van der Waals surface area contributed by atoms with Crippen LogP contribution >= 0.6 is 0 Å². The molecule has 1 aromatic rings. The van der Waals surface area contributed by atoms with Gasteiger partial charge in [-0.15, -0.1) is 5.10 Å². The van der Waals surface area contributed by atoms with E-state index in [1.807, 2.05) is 0 Å². The number of nitrogens with two attached hydrogens (primary N) is 1. The number of H-pyrrole nitrogens is 1. The fraction of sp³-hybridized carbons (Fsp3) is 0.800. The van der Waals surface area contributed by atoms with E-state index in [1.165, 1.54) is 19.3 Å². The quantitative estimate of drug-likeness (QED) is 0.769. The first-order chi connectivity index (χ1) is 7.16. The van der Waals surface area contributed by atoms with Gasteiger partial charge in [0, 0.05) is 12.6 Å². The summed E-state index contributed by atoms with van der Waals surface area (Å²) in [6.07, 6.45) is 3.68. The van der Waals surface area contributed by atoms with E-state index in [1.54, 1.807) is 0 Å². The summed E-state index contributed by atoms with van der Waals surface area (Å²) >= 11 is 0. The van der Waals surface area contributed by atoms with Gasteiger partial charge in [-0.3, -0.25) is 0 Å². The highest BCUT2D eigenvalue weighted by atomic mass is 15.4. The average molecular weight is 209 g/mol. The van der Waals surface area contributed by atoms with Gasteiger partial charge in [0.1, 0.15) is 0 Å². The number of hydrogen-bond acceptors (Lipinski definition) is 4. The van der Waals surface area contributed by atoms with E-state index in [4.69, 9.17) is 5.73 Å². The molecular weight excluding hydrogens is 190 g/mol. The zero-order chi connectivity index (χ0) is 10.8. The van der Waals surface area contributed by atoms with Crippen LogP contribution in [0.4, 0.5) is 11.9 Å². The Morgan fingerprint density at radius 2 is 2.27 bits per heavy atom. The van der Waals surface area contributed by atoms with Gasteiger partial charge in [-0.25, -0.2) is 5.10 Å². The van der Waals surface area contributed by atoms with Crippen molar-refractivity contribution in [2.24, 2.45) is 5.92 Å². The van der Waals surface area contributed by atoms with Crippen LogP contribution in [0.25, 0.3) is 0 Å². The van der Waals surface area contributed by atoms with Crippen LogP contribution < -0.4 is 10.6 Å². The molecule has 2 rings (SSSR count). The molecule has 1 fully saturated rings. The third-order valence-corrected chi connectivity index (χ3v) is 2.68.